The highest BCUT2D eigenvalue weighted by molar-refractivity contribution is 6.31. The summed E-state index contributed by atoms with van der Waals surface area (Å²) in [6.45, 7) is 2.34. The van der Waals surface area contributed by atoms with Gasteiger partial charge in [-0.25, -0.2) is 9.97 Å². The number of halogens is 1. The number of hydrogen-bond donors (Lipinski definition) is 2. The van der Waals surface area contributed by atoms with Crippen LogP contribution in [0, 0.1) is 6.92 Å². The Hall–Kier alpha value is -3.19. The first kappa shape index (κ1) is 18.6. The SMILES string of the molecule is COc1cc(Cl)c(C)cc1NC(=O)c1cnc(NCc2ccccn2)nc1. The van der Waals surface area contributed by atoms with Crippen LogP contribution in [0.1, 0.15) is 21.6 Å². The molecule has 0 spiro atoms. The summed E-state index contributed by atoms with van der Waals surface area (Å²) in [6, 6.07) is 9.07. The highest BCUT2D eigenvalue weighted by Crippen LogP contribution is 2.31. The molecule has 7 nitrogen and oxygen atoms in total. The molecule has 8 heteroatoms. The van der Waals surface area contributed by atoms with E-state index in [0.29, 0.717) is 34.5 Å². The second-order valence-electron chi connectivity index (χ2n) is 5.73. The molecule has 27 heavy (non-hydrogen) atoms. The second-order valence-corrected chi connectivity index (χ2v) is 6.13. The predicted molar refractivity (Wildman–Crippen MR) is 104 cm³/mol. The van der Waals surface area contributed by atoms with E-state index >= 15 is 0 Å². The molecule has 0 aliphatic rings. The maximum Gasteiger partial charge on any atom is 0.258 e. The van der Waals surface area contributed by atoms with Crippen LogP contribution in [0.25, 0.3) is 0 Å². The van der Waals surface area contributed by atoms with E-state index in [1.165, 1.54) is 19.5 Å². The molecule has 0 aliphatic heterocycles. The summed E-state index contributed by atoms with van der Waals surface area (Å²) >= 11 is 6.09. The lowest BCUT2D eigenvalue weighted by Gasteiger charge is -2.12. The molecule has 0 saturated heterocycles. The average molecular weight is 384 g/mol. The van der Waals surface area contributed by atoms with Gasteiger partial charge >= 0.3 is 0 Å². The molecule has 0 radical (unpaired) electrons. The first-order valence-corrected chi connectivity index (χ1v) is 8.56. The lowest BCUT2D eigenvalue weighted by molar-refractivity contribution is 0.102. The Kier molecular flexibility index (Phi) is 5.83. The van der Waals surface area contributed by atoms with Crippen molar-refractivity contribution in [3.63, 3.8) is 0 Å². The van der Waals surface area contributed by atoms with E-state index in [1.54, 1.807) is 18.3 Å². The van der Waals surface area contributed by atoms with Gasteiger partial charge in [-0.1, -0.05) is 17.7 Å². The molecule has 0 atom stereocenters. The molecular formula is C19H18ClN5O2. The smallest absolute Gasteiger partial charge is 0.258 e. The maximum atomic E-state index is 12.5. The van der Waals surface area contributed by atoms with Gasteiger partial charge in [-0.15, -0.1) is 0 Å². The summed E-state index contributed by atoms with van der Waals surface area (Å²) in [6.07, 6.45) is 4.63. The van der Waals surface area contributed by atoms with Crippen LogP contribution < -0.4 is 15.4 Å². The number of carbonyl (C=O) groups excluding carboxylic acids is 1. The summed E-state index contributed by atoms with van der Waals surface area (Å²) < 4.78 is 5.26. The molecule has 3 aromatic rings. The summed E-state index contributed by atoms with van der Waals surface area (Å²) in [5, 5.41) is 6.41. The fourth-order valence-electron chi connectivity index (χ4n) is 2.33. The number of rotatable bonds is 6. The van der Waals surface area contributed by atoms with Crippen molar-refractivity contribution in [3.05, 3.63) is 70.8 Å². The number of nitrogens with one attached hydrogen (secondary N) is 2. The number of methoxy groups -OCH3 is 1. The van der Waals surface area contributed by atoms with E-state index < -0.39 is 0 Å². The zero-order valence-electron chi connectivity index (χ0n) is 14.9. The van der Waals surface area contributed by atoms with E-state index in [1.807, 2.05) is 25.1 Å². The number of nitrogens with zero attached hydrogens (tertiary/aromatic N) is 3. The van der Waals surface area contributed by atoms with E-state index in [4.69, 9.17) is 16.3 Å². The third-order valence-corrected chi connectivity index (χ3v) is 4.20. The van der Waals surface area contributed by atoms with Crippen molar-refractivity contribution in [2.24, 2.45) is 0 Å². The number of aromatic nitrogens is 3. The zero-order chi connectivity index (χ0) is 19.2. The highest BCUT2D eigenvalue weighted by atomic mass is 35.5. The number of pyridine rings is 1. The molecular weight excluding hydrogens is 366 g/mol. The number of carbonyl (C=O) groups is 1. The molecule has 0 bridgehead atoms. The van der Waals surface area contributed by atoms with E-state index in [0.717, 1.165) is 11.3 Å². The van der Waals surface area contributed by atoms with Crippen LogP contribution in [0.2, 0.25) is 5.02 Å². The highest BCUT2D eigenvalue weighted by Gasteiger charge is 2.13. The third kappa shape index (κ3) is 4.71. The maximum absolute atomic E-state index is 12.5. The van der Waals surface area contributed by atoms with Gasteiger partial charge in [0.2, 0.25) is 5.95 Å². The van der Waals surface area contributed by atoms with Crippen molar-refractivity contribution in [3.8, 4) is 5.75 Å². The Morgan fingerprint density at radius 1 is 1.19 bits per heavy atom. The molecule has 138 valence electrons. The Bertz CT molecular complexity index is 933. The quantitative estimate of drug-likeness (QED) is 0.674. The Morgan fingerprint density at radius 2 is 1.96 bits per heavy atom. The zero-order valence-corrected chi connectivity index (χ0v) is 15.6. The number of ether oxygens (including phenoxy) is 1. The van der Waals surface area contributed by atoms with Crippen molar-refractivity contribution in [1.29, 1.82) is 0 Å². The summed E-state index contributed by atoms with van der Waals surface area (Å²) in [7, 11) is 1.52. The third-order valence-electron chi connectivity index (χ3n) is 3.80. The fraction of sp³-hybridized carbons (Fsp3) is 0.158. The van der Waals surface area contributed by atoms with Gasteiger partial charge in [-0.3, -0.25) is 9.78 Å². The number of aryl methyl sites for hydroxylation is 1. The van der Waals surface area contributed by atoms with Gasteiger partial charge in [0.15, 0.2) is 0 Å². The Morgan fingerprint density at radius 3 is 2.63 bits per heavy atom. The van der Waals surface area contributed by atoms with Crippen molar-refractivity contribution in [2.45, 2.75) is 13.5 Å². The van der Waals surface area contributed by atoms with Crippen molar-refractivity contribution >= 4 is 29.1 Å². The van der Waals surface area contributed by atoms with Gasteiger partial charge in [-0.05, 0) is 30.7 Å². The summed E-state index contributed by atoms with van der Waals surface area (Å²) in [5.41, 5.74) is 2.56. The molecule has 0 saturated carbocycles. The van der Waals surface area contributed by atoms with Crippen LogP contribution in [0.5, 0.6) is 5.75 Å². The van der Waals surface area contributed by atoms with Gasteiger partial charge < -0.3 is 15.4 Å². The van der Waals surface area contributed by atoms with Crippen molar-refractivity contribution < 1.29 is 9.53 Å². The number of hydrogen-bond acceptors (Lipinski definition) is 6. The van der Waals surface area contributed by atoms with E-state index in [2.05, 4.69) is 25.6 Å². The van der Waals surface area contributed by atoms with Crippen LogP contribution >= 0.6 is 11.6 Å². The van der Waals surface area contributed by atoms with E-state index in [-0.39, 0.29) is 5.91 Å². The first-order chi connectivity index (χ1) is 13.1. The Balaban J connectivity index is 1.66. The first-order valence-electron chi connectivity index (χ1n) is 8.18. The van der Waals surface area contributed by atoms with Gasteiger partial charge in [0.25, 0.3) is 5.91 Å². The molecule has 3 rings (SSSR count). The van der Waals surface area contributed by atoms with Crippen molar-refractivity contribution in [2.75, 3.05) is 17.7 Å². The largest absolute Gasteiger partial charge is 0.495 e. The molecule has 0 fully saturated rings. The Labute approximate surface area is 161 Å². The monoisotopic (exact) mass is 383 g/mol. The molecule has 2 heterocycles. The van der Waals surface area contributed by atoms with Crippen LogP contribution in [-0.2, 0) is 6.54 Å². The summed E-state index contributed by atoms with van der Waals surface area (Å²) in [4.78, 5) is 25.0. The minimum Gasteiger partial charge on any atom is -0.495 e. The molecule has 2 N–H and O–H groups in total. The molecule has 2 aromatic heterocycles. The number of amides is 1. The minimum atomic E-state index is -0.341. The lowest BCUT2D eigenvalue weighted by Crippen LogP contribution is -2.14. The minimum absolute atomic E-state index is 0.327. The van der Waals surface area contributed by atoms with Gasteiger partial charge in [-0.2, -0.15) is 0 Å². The number of anilines is 2. The topological polar surface area (TPSA) is 89.0 Å². The van der Waals surface area contributed by atoms with Crippen LogP contribution in [0.4, 0.5) is 11.6 Å². The van der Waals surface area contributed by atoms with Crippen LogP contribution in [0.15, 0.2) is 48.9 Å². The molecule has 0 unspecified atom stereocenters. The number of benzene rings is 1. The van der Waals surface area contributed by atoms with Crippen molar-refractivity contribution in [1.82, 2.24) is 15.0 Å². The molecule has 1 aromatic carbocycles. The molecule has 0 aliphatic carbocycles. The summed E-state index contributed by atoms with van der Waals surface area (Å²) in [5.74, 6) is 0.553. The van der Waals surface area contributed by atoms with E-state index in [9.17, 15) is 4.79 Å². The fourth-order valence-corrected chi connectivity index (χ4v) is 2.49. The van der Waals surface area contributed by atoms with Crippen LogP contribution in [0.3, 0.4) is 0 Å². The lowest BCUT2D eigenvalue weighted by atomic mass is 10.2. The van der Waals surface area contributed by atoms with Gasteiger partial charge in [0.05, 0.1) is 30.6 Å². The average Bonchev–Trinajstić information content (AvgIpc) is 2.70. The predicted octanol–water partition coefficient (Wildman–Crippen LogP) is 3.71. The standard InChI is InChI=1S/C19H18ClN5O2/c1-12-7-16(17(27-2)8-15(12)20)25-18(26)13-9-22-19(23-10-13)24-11-14-5-3-4-6-21-14/h3-10H,11H2,1-2H3,(H,25,26)(H,22,23,24). The van der Waals surface area contributed by atoms with Crippen LogP contribution in [-0.4, -0.2) is 28.0 Å². The second kappa shape index (κ2) is 8.46. The van der Waals surface area contributed by atoms with Gasteiger partial charge in [0, 0.05) is 29.7 Å². The normalized spacial score (nSPS) is 10.3. The van der Waals surface area contributed by atoms with Gasteiger partial charge in [0.1, 0.15) is 5.75 Å². The molecule has 1 amide bonds.